The van der Waals surface area contributed by atoms with Crippen LogP contribution in [0.25, 0.3) is 0 Å². The Morgan fingerprint density at radius 2 is 1.63 bits per heavy atom. The minimum absolute atomic E-state index is 0.104. The third-order valence-corrected chi connectivity index (χ3v) is 10.9. The molecule has 2 atom stereocenters. The van der Waals surface area contributed by atoms with Crippen LogP contribution >= 0.6 is 6.49 Å². The van der Waals surface area contributed by atoms with Crippen LogP contribution in [0, 0.1) is 11.8 Å². The van der Waals surface area contributed by atoms with Crippen molar-refractivity contribution in [3.8, 4) is 0 Å². The number of fused-ring (bicyclic) bond motifs is 2. The first-order valence-corrected chi connectivity index (χ1v) is 11.5. The molecule has 3 fully saturated rings. The first kappa shape index (κ1) is 14.5. The minimum atomic E-state index is -2.82. The lowest BCUT2D eigenvalue weighted by molar-refractivity contribution is 0.0740. The number of hydrogen-bond donors (Lipinski definition) is 0. The molecule has 0 aromatic carbocycles. The second kappa shape index (κ2) is 5.06. The van der Waals surface area contributed by atoms with Gasteiger partial charge < -0.3 is 9.05 Å². The zero-order valence-corrected chi connectivity index (χ0v) is 13.7. The normalized spacial score (nSPS) is 49.1. The average Bonchev–Trinajstić information content (AvgIpc) is 2.60. The smallest absolute Gasteiger partial charge is 0.188 e. The van der Waals surface area contributed by atoms with Crippen molar-refractivity contribution in [3.63, 3.8) is 0 Å². The van der Waals surface area contributed by atoms with Crippen LogP contribution in [0.15, 0.2) is 0 Å². The van der Waals surface area contributed by atoms with Crippen LogP contribution in [0.3, 0.4) is 0 Å². The van der Waals surface area contributed by atoms with Crippen LogP contribution in [0.2, 0.25) is 0 Å². The average molecular weight is 324 g/mol. The van der Waals surface area contributed by atoms with E-state index in [1.165, 1.54) is 0 Å². The third-order valence-electron chi connectivity index (χ3n) is 4.90. The molecule has 7 heteroatoms. The summed E-state index contributed by atoms with van der Waals surface area (Å²) >= 11 is 5.38. The zero-order valence-electron chi connectivity index (χ0n) is 11.2. The van der Waals surface area contributed by atoms with E-state index in [4.69, 9.17) is 20.9 Å². The van der Waals surface area contributed by atoms with Crippen LogP contribution in [0.4, 0.5) is 0 Å². The minimum Gasteiger partial charge on any atom is -0.329 e. The van der Waals surface area contributed by atoms with Gasteiger partial charge in [-0.25, -0.2) is 8.42 Å². The van der Waals surface area contributed by atoms with Crippen molar-refractivity contribution in [2.45, 2.75) is 43.1 Å². The highest BCUT2D eigenvalue weighted by Crippen LogP contribution is 2.53. The van der Waals surface area contributed by atoms with Crippen LogP contribution in [-0.4, -0.2) is 38.3 Å². The van der Waals surface area contributed by atoms with Crippen LogP contribution in [-0.2, 0) is 30.7 Å². The van der Waals surface area contributed by atoms with E-state index in [1.807, 2.05) is 6.92 Å². The van der Waals surface area contributed by atoms with Gasteiger partial charge in [-0.3, -0.25) is 0 Å². The lowest BCUT2D eigenvalue weighted by Crippen LogP contribution is -2.39. The molecule has 4 nitrogen and oxygen atoms in total. The van der Waals surface area contributed by atoms with Crippen LogP contribution in [0.1, 0.15) is 32.6 Å². The summed E-state index contributed by atoms with van der Waals surface area (Å²) in [5, 5.41) is -0.209. The van der Waals surface area contributed by atoms with Crippen molar-refractivity contribution in [1.82, 2.24) is 0 Å². The lowest BCUT2D eigenvalue weighted by Gasteiger charge is -2.38. The Balaban J connectivity index is 1.66. The van der Waals surface area contributed by atoms with Gasteiger partial charge in [0.2, 0.25) is 0 Å². The van der Waals surface area contributed by atoms with Crippen molar-refractivity contribution in [2.24, 2.45) is 11.8 Å². The van der Waals surface area contributed by atoms with Gasteiger partial charge in [-0.2, -0.15) is 0 Å². The van der Waals surface area contributed by atoms with E-state index < -0.39 is 16.3 Å². The summed E-state index contributed by atoms with van der Waals surface area (Å²) in [5.74, 6) is 0.767. The van der Waals surface area contributed by atoms with Crippen LogP contribution in [0.5, 0.6) is 0 Å². The molecular formula is C12H21O4PS2. The van der Waals surface area contributed by atoms with Gasteiger partial charge in [-0.05, 0) is 43.4 Å². The van der Waals surface area contributed by atoms with Gasteiger partial charge in [0.1, 0.15) is 0 Å². The molecule has 3 saturated heterocycles. The monoisotopic (exact) mass is 324 g/mol. The highest BCUT2D eigenvalue weighted by molar-refractivity contribution is 8.09. The highest BCUT2D eigenvalue weighted by Gasteiger charge is 2.49. The molecule has 0 N–H and O–H groups in total. The molecule has 0 saturated carbocycles. The van der Waals surface area contributed by atoms with Crippen molar-refractivity contribution >= 4 is 28.1 Å². The summed E-state index contributed by atoms with van der Waals surface area (Å²) in [7, 11) is -2.82. The van der Waals surface area contributed by atoms with E-state index in [9.17, 15) is 8.42 Å². The van der Waals surface area contributed by atoms with E-state index in [-0.39, 0.29) is 10.5 Å². The van der Waals surface area contributed by atoms with Gasteiger partial charge in [0.15, 0.2) is 16.3 Å². The summed E-state index contributed by atoms with van der Waals surface area (Å²) in [5.41, 5.74) is 0. The van der Waals surface area contributed by atoms with Gasteiger partial charge in [0, 0.05) is 12.1 Å². The van der Waals surface area contributed by atoms with Crippen molar-refractivity contribution < 1.29 is 17.5 Å². The lowest BCUT2D eigenvalue weighted by atomic mass is 9.86. The Labute approximate surface area is 120 Å². The van der Waals surface area contributed by atoms with E-state index in [0.29, 0.717) is 25.0 Å². The van der Waals surface area contributed by atoms with Gasteiger partial charge in [-0.15, -0.1) is 0 Å². The third kappa shape index (κ3) is 2.55. The summed E-state index contributed by atoms with van der Waals surface area (Å²) < 4.78 is 35.7. The molecule has 3 aliphatic heterocycles. The first-order valence-electron chi connectivity index (χ1n) is 7.05. The predicted molar refractivity (Wildman–Crippen MR) is 78.7 cm³/mol. The fourth-order valence-corrected chi connectivity index (χ4v) is 7.74. The molecule has 3 heterocycles. The summed E-state index contributed by atoms with van der Waals surface area (Å²) in [6.45, 7) is 1.32. The largest absolute Gasteiger partial charge is 0.329 e. The Hall–Kier alpha value is 0.520. The molecule has 0 aromatic rings. The maximum Gasteiger partial charge on any atom is 0.188 e. The maximum absolute atomic E-state index is 12.1. The highest BCUT2D eigenvalue weighted by atomic mass is 32.5. The number of sulfone groups is 1. The second-order valence-electron chi connectivity index (χ2n) is 5.92. The topological polar surface area (TPSA) is 52.6 Å². The zero-order chi connectivity index (χ0) is 13.7. The summed E-state index contributed by atoms with van der Waals surface area (Å²) in [6.07, 6.45) is 4.07. The molecule has 3 aliphatic rings. The Kier molecular flexibility index (Phi) is 3.85. The second-order valence-corrected chi connectivity index (χ2v) is 12.5. The fraction of sp³-hybridized carbons (Fsp3) is 1.00. The molecule has 0 radical (unpaired) electrons. The molecule has 2 bridgehead atoms. The number of hydrogen-bond acceptors (Lipinski definition) is 5. The van der Waals surface area contributed by atoms with Crippen LogP contribution < -0.4 is 0 Å². The molecule has 0 aromatic heterocycles. The molecule has 0 spiro atoms. The Morgan fingerprint density at radius 1 is 1.11 bits per heavy atom. The SMILES string of the molecule is CCP1(=S)OCC(C2CC3CCC(C2)S3(=O)=O)CO1. The molecule has 110 valence electrons. The van der Waals surface area contributed by atoms with E-state index in [0.717, 1.165) is 31.8 Å². The van der Waals surface area contributed by atoms with E-state index in [1.54, 1.807) is 0 Å². The molecule has 3 rings (SSSR count). The van der Waals surface area contributed by atoms with E-state index in [2.05, 4.69) is 0 Å². The number of rotatable bonds is 2. The van der Waals surface area contributed by atoms with Crippen molar-refractivity contribution in [3.05, 3.63) is 0 Å². The molecule has 2 unspecified atom stereocenters. The molecular weight excluding hydrogens is 303 g/mol. The Bertz CT molecular complexity index is 472. The molecule has 0 aliphatic carbocycles. The molecule has 0 amide bonds. The van der Waals surface area contributed by atoms with Gasteiger partial charge in [-0.1, -0.05) is 6.92 Å². The quantitative estimate of drug-likeness (QED) is 0.730. The fourth-order valence-electron chi connectivity index (χ4n) is 3.59. The standard InChI is InChI=1S/C12H21O4PS2/c1-2-17(18)15-7-10(8-16-17)9-5-11-3-4-12(6-9)19(11,13)14/h9-12H,2-8H2,1H3. The Morgan fingerprint density at radius 3 is 2.11 bits per heavy atom. The van der Waals surface area contributed by atoms with E-state index >= 15 is 0 Å². The summed E-state index contributed by atoms with van der Waals surface area (Å²) in [4.78, 5) is 0. The van der Waals surface area contributed by atoms with Crippen molar-refractivity contribution in [1.29, 1.82) is 0 Å². The van der Waals surface area contributed by atoms with Gasteiger partial charge in [0.05, 0.1) is 23.7 Å². The maximum atomic E-state index is 12.1. The van der Waals surface area contributed by atoms with Gasteiger partial charge >= 0.3 is 0 Å². The summed E-state index contributed by atoms with van der Waals surface area (Å²) in [6, 6.07) is 0. The first-order chi connectivity index (χ1) is 8.94. The molecule has 19 heavy (non-hydrogen) atoms. The van der Waals surface area contributed by atoms with Gasteiger partial charge in [0.25, 0.3) is 0 Å². The predicted octanol–water partition coefficient (Wildman–Crippen LogP) is 2.33. The van der Waals surface area contributed by atoms with Crippen molar-refractivity contribution in [2.75, 3.05) is 19.4 Å².